The Hall–Kier alpha value is -2.60. The number of nitrogens with zero attached hydrogens (tertiary/aromatic N) is 3. The van der Waals surface area contributed by atoms with Gasteiger partial charge in [-0.3, -0.25) is 5.43 Å². The van der Waals surface area contributed by atoms with E-state index in [1.165, 1.54) is 5.69 Å². The summed E-state index contributed by atoms with van der Waals surface area (Å²) in [4.78, 5) is 14.1. The lowest BCUT2D eigenvalue weighted by Crippen LogP contribution is -2.23. The third-order valence-electron chi connectivity index (χ3n) is 5.21. The van der Waals surface area contributed by atoms with Crippen molar-refractivity contribution >= 4 is 34.3 Å². The molecule has 0 radical (unpaired) electrons. The Bertz CT molecular complexity index is 873. The fourth-order valence-electron chi connectivity index (χ4n) is 3.18. The zero-order chi connectivity index (χ0) is 21.4. The smallest absolute Gasteiger partial charge is 0.117 e. The van der Waals surface area contributed by atoms with Crippen molar-refractivity contribution in [2.45, 2.75) is 47.0 Å². The number of anilines is 1. The molecule has 0 bridgehead atoms. The van der Waals surface area contributed by atoms with E-state index in [0.717, 1.165) is 36.2 Å². The molecule has 1 unspecified atom stereocenters. The second-order valence-electron chi connectivity index (χ2n) is 6.96. The van der Waals surface area contributed by atoms with Crippen LogP contribution in [0.4, 0.5) is 11.4 Å². The molecule has 0 spiro atoms. The van der Waals surface area contributed by atoms with Crippen LogP contribution < -0.4 is 10.3 Å². The maximum Gasteiger partial charge on any atom is 0.117 e. The molecule has 0 saturated heterocycles. The molecule has 5 nitrogen and oxygen atoms in total. The van der Waals surface area contributed by atoms with Crippen LogP contribution in [-0.4, -0.2) is 23.8 Å². The van der Waals surface area contributed by atoms with Crippen LogP contribution >= 0.6 is 12.2 Å². The second kappa shape index (κ2) is 10.8. The topological polar surface area (TPSA) is 57.1 Å². The van der Waals surface area contributed by atoms with Crippen LogP contribution in [0, 0.1) is 4.91 Å². The van der Waals surface area contributed by atoms with Gasteiger partial charge in [0.2, 0.25) is 0 Å². The van der Waals surface area contributed by atoms with E-state index in [1.54, 1.807) is 6.07 Å². The second-order valence-corrected chi connectivity index (χ2v) is 7.39. The van der Waals surface area contributed by atoms with Gasteiger partial charge < -0.3 is 4.90 Å². The van der Waals surface area contributed by atoms with Crippen LogP contribution in [0.1, 0.15) is 57.2 Å². The van der Waals surface area contributed by atoms with Gasteiger partial charge in [-0.2, -0.15) is 5.10 Å². The minimum Gasteiger partial charge on any atom is -0.372 e. The van der Waals surface area contributed by atoms with Crippen LogP contribution in [0.5, 0.6) is 0 Å². The summed E-state index contributed by atoms with van der Waals surface area (Å²) in [5, 5.41) is 7.53. The molecule has 2 rings (SSSR count). The fraction of sp³-hybridized carbons (Fsp3) is 0.391. The van der Waals surface area contributed by atoms with Gasteiger partial charge in [-0.1, -0.05) is 44.3 Å². The van der Waals surface area contributed by atoms with Crippen LogP contribution in [0.25, 0.3) is 0 Å². The van der Waals surface area contributed by atoms with E-state index in [9.17, 15) is 4.91 Å². The Morgan fingerprint density at radius 2 is 1.76 bits per heavy atom. The number of rotatable bonds is 9. The Morgan fingerprint density at radius 1 is 1.10 bits per heavy atom. The average molecular weight is 411 g/mol. The summed E-state index contributed by atoms with van der Waals surface area (Å²) in [5.74, 6) is 0.0259. The van der Waals surface area contributed by atoms with Crippen LogP contribution in [-0.2, 0) is 6.42 Å². The van der Waals surface area contributed by atoms with Gasteiger partial charge in [0.05, 0.1) is 5.71 Å². The Kier molecular flexibility index (Phi) is 8.46. The number of benzene rings is 2. The van der Waals surface area contributed by atoms with Gasteiger partial charge in [0, 0.05) is 30.3 Å². The summed E-state index contributed by atoms with van der Waals surface area (Å²) in [6.45, 7) is 12.3. The van der Waals surface area contributed by atoms with E-state index in [4.69, 9.17) is 12.2 Å². The molecule has 6 heteroatoms. The Labute approximate surface area is 179 Å². The van der Waals surface area contributed by atoms with E-state index in [1.807, 2.05) is 19.1 Å². The molecule has 1 atom stereocenters. The summed E-state index contributed by atoms with van der Waals surface area (Å²) in [6.07, 6.45) is 0.881. The van der Waals surface area contributed by atoms with Crippen LogP contribution in [0.15, 0.2) is 52.7 Å². The van der Waals surface area contributed by atoms with Gasteiger partial charge in [-0.15, -0.1) is 4.91 Å². The normalized spacial score (nSPS) is 12.4. The number of nitrogens with one attached hydrogen (secondary N) is 1. The number of nitroso groups, excluding NO2 is 1. The zero-order valence-electron chi connectivity index (χ0n) is 17.9. The highest BCUT2D eigenvalue weighted by Gasteiger charge is 2.13. The largest absolute Gasteiger partial charge is 0.372 e. The molecule has 0 heterocycles. The highest BCUT2D eigenvalue weighted by Crippen LogP contribution is 2.23. The quantitative estimate of drug-likeness (QED) is 0.241. The summed E-state index contributed by atoms with van der Waals surface area (Å²) >= 11 is 5.55. The summed E-state index contributed by atoms with van der Waals surface area (Å²) < 4.78 is 0. The van der Waals surface area contributed by atoms with Gasteiger partial charge in [-0.05, 0) is 67.8 Å². The summed E-state index contributed by atoms with van der Waals surface area (Å²) in [6, 6.07) is 14.1. The average Bonchev–Trinajstić information content (AvgIpc) is 2.77. The number of aryl methyl sites for hydroxylation is 1. The fourth-order valence-corrected chi connectivity index (χ4v) is 3.36. The van der Waals surface area contributed by atoms with Crippen molar-refractivity contribution in [1.29, 1.82) is 0 Å². The van der Waals surface area contributed by atoms with Gasteiger partial charge in [0.25, 0.3) is 0 Å². The van der Waals surface area contributed by atoms with Crippen molar-refractivity contribution in [3.63, 3.8) is 0 Å². The molecule has 0 aliphatic rings. The van der Waals surface area contributed by atoms with Crippen molar-refractivity contribution in [2.24, 2.45) is 10.3 Å². The number of hydrogen-bond donors (Lipinski definition) is 1. The lowest BCUT2D eigenvalue weighted by atomic mass is 10.0. The van der Waals surface area contributed by atoms with Gasteiger partial charge in [0.15, 0.2) is 0 Å². The molecule has 154 valence electrons. The highest BCUT2D eigenvalue weighted by atomic mass is 32.1. The third-order valence-corrected chi connectivity index (χ3v) is 5.65. The van der Waals surface area contributed by atoms with Crippen molar-refractivity contribution in [3.8, 4) is 0 Å². The lowest BCUT2D eigenvalue weighted by molar-refractivity contribution is 0.864. The number of thiocarbonyl (C=S) groups is 1. The van der Waals surface area contributed by atoms with E-state index in [2.05, 4.69) is 72.6 Å². The monoisotopic (exact) mass is 410 g/mol. The van der Waals surface area contributed by atoms with E-state index in [0.29, 0.717) is 16.4 Å². The molecule has 0 aromatic heterocycles. The first-order valence-corrected chi connectivity index (χ1v) is 10.5. The van der Waals surface area contributed by atoms with Crippen LogP contribution in [0.3, 0.4) is 0 Å². The van der Waals surface area contributed by atoms with Gasteiger partial charge >= 0.3 is 0 Å². The first-order chi connectivity index (χ1) is 13.9. The first-order valence-electron chi connectivity index (χ1n) is 10.1. The standard InChI is InChI=1S/C23H30N4OS/c1-6-18-9-14-22(26-28)21(15-18)17(5)24-25-23(29)16(4)19-10-12-20(13-11-19)27(7-2)8-3/h9-16H,6-8H2,1-5H3,(H,25,29)/b24-17+. The molecular formula is C23H30N4OS. The number of hydrogen-bond acceptors (Lipinski definition) is 5. The Balaban J connectivity index is 2.12. The van der Waals surface area contributed by atoms with Gasteiger partial charge in [0.1, 0.15) is 10.7 Å². The molecule has 0 fully saturated rings. The Morgan fingerprint density at radius 3 is 2.31 bits per heavy atom. The molecule has 1 N–H and O–H groups in total. The molecule has 0 amide bonds. The minimum atomic E-state index is 0.0259. The van der Waals surface area contributed by atoms with E-state index >= 15 is 0 Å². The molecule has 0 saturated carbocycles. The lowest BCUT2D eigenvalue weighted by Gasteiger charge is -2.22. The van der Waals surface area contributed by atoms with E-state index in [-0.39, 0.29) is 5.92 Å². The van der Waals surface area contributed by atoms with Crippen molar-refractivity contribution in [3.05, 3.63) is 64.1 Å². The number of hydrazone groups is 1. The summed E-state index contributed by atoms with van der Waals surface area (Å²) in [5.41, 5.74) is 8.26. The third kappa shape index (κ3) is 5.70. The van der Waals surface area contributed by atoms with Crippen molar-refractivity contribution in [1.82, 2.24) is 5.43 Å². The molecular weight excluding hydrogens is 380 g/mol. The van der Waals surface area contributed by atoms with E-state index < -0.39 is 0 Å². The van der Waals surface area contributed by atoms with Gasteiger partial charge in [-0.25, -0.2) is 0 Å². The maximum atomic E-state index is 11.1. The van der Waals surface area contributed by atoms with Crippen LogP contribution in [0.2, 0.25) is 0 Å². The van der Waals surface area contributed by atoms with Crippen molar-refractivity contribution in [2.75, 3.05) is 18.0 Å². The predicted molar refractivity (Wildman–Crippen MR) is 128 cm³/mol. The molecule has 0 aliphatic carbocycles. The molecule has 0 aliphatic heterocycles. The predicted octanol–water partition coefficient (Wildman–Crippen LogP) is 5.94. The molecule has 29 heavy (non-hydrogen) atoms. The summed E-state index contributed by atoms with van der Waals surface area (Å²) in [7, 11) is 0. The van der Waals surface area contributed by atoms with Crippen molar-refractivity contribution < 1.29 is 0 Å². The zero-order valence-corrected chi connectivity index (χ0v) is 18.7. The first kappa shape index (κ1) is 22.7. The maximum absolute atomic E-state index is 11.1. The SMILES string of the molecule is CCc1ccc(N=O)c(/C(C)=N/NC(=S)C(C)c2ccc(N(CC)CC)cc2)c1. The molecule has 2 aromatic rings. The highest BCUT2D eigenvalue weighted by molar-refractivity contribution is 7.80. The molecule has 2 aromatic carbocycles. The minimum absolute atomic E-state index is 0.0259.